The van der Waals surface area contributed by atoms with E-state index in [9.17, 15) is 9.59 Å². The van der Waals surface area contributed by atoms with Gasteiger partial charge in [-0.05, 0) is 50.0 Å². The molecule has 8 bridgehead atoms. The smallest absolute Gasteiger partial charge is 0.657 e. The third-order valence-corrected chi connectivity index (χ3v) is 7.96. The third-order valence-electron chi connectivity index (χ3n) is 7.96. The topological polar surface area (TPSA) is 107 Å². The molecular weight excluding hydrogens is 584 g/mol. The Morgan fingerprint density at radius 1 is 0.698 bits per heavy atom. The molecule has 2 aliphatic heterocycles. The minimum atomic E-state index is 0. The molecule has 0 N–H and O–H groups in total. The number of aryl methyl sites for hydroxylation is 2. The van der Waals surface area contributed by atoms with Gasteiger partial charge >= 0.3 is 17.1 Å². The number of aromatic nitrogens is 4. The van der Waals surface area contributed by atoms with Crippen LogP contribution in [0.2, 0.25) is 0 Å². The maximum Gasteiger partial charge on any atom is 2.00 e. The van der Waals surface area contributed by atoms with Gasteiger partial charge in [0.1, 0.15) is 0 Å². The molecule has 0 saturated heterocycles. The molecular formula is C34H32FeN4O4. The summed E-state index contributed by atoms with van der Waals surface area (Å²) in [4.78, 5) is 41.7. The Morgan fingerprint density at radius 2 is 1.26 bits per heavy atom. The van der Waals surface area contributed by atoms with Gasteiger partial charge in [-0.15, -0.1) is 22.1 Å². The van der Waals surface area contributed by atoms with Gasteiger partial charge in [0.15, 0.2) is 0 Å². The first kappa shape index (κ1) is 31.5. The van der Waals surface area contributed by atoms with E-state index in [-0.39, 0.29) is 30.3 Å². The summed E-state index contributed by atoms with van der Waals surface area (Å²) in [6.45, 7) is 17.5. The molecule has 3 aromatic rings. The number of rotatable bonds is 10. The molecule has 220 valence electrons. The second-order valence-electron chi connectivity index (χ2n) is 10.2. The van der Waals surface area contributed by atoms with E-state index in [1.807, 2.05) is 64.1 Å². The van der Waals surface area contributed by atoms with Crippen molar-refractivity contribution in [2.24, 2.45) is 0 Å². The quantitative estimate of drug-likeness (QED) is 0.152. The van der Waals surface area contributed by atoms with Crippen molar-refractivity contribution in [1.82, 2.24) is 19.9 Å². The first-order valence-corrected chi connectivity index (χ1v) is 13.7. The van der Waals surface area contributed by atoms with Crippen LogP contribution in [-0.4, -0.2) is 36.1 Å². The first-order chi connectivity index (χ1) is 20.3. The van der Waals surface area contributed by atoms with Crippen LogP contribution < -0.4 is 9.97 Å². The van der Waals surface area contributed by atoms with Gasteiger partial charge in [-0.2, -0.15) is 0 Å². The van der Waals surface area contributed by atoms with Gasteiger partial charge in [0.25, 0.3) is 12.9 Å². The van der Waals surface area contributed by atoms with Crippen molar-refractivity contribution in [3.05, 3.63) is 88.5 Å². The molecule has 3 aromatic heterocycles. The zero-order valence-corrected chi connectivity index (χ0v) is 25.7. The fraction of sp³-hybridized carbons (Fsp3) is 0.235. The summed E-state index contributed by atoms with van der Waals surface area (Å²) < 4.78 is 10.1. The van der Waals surface area contributed by atoms with Gasteiger partial charge in [0.05, 0.1) is 36.0 Å². The maximum absolute atomic E-state index is 10.9. The number of allylic oxidation sites excluding steroid dienone is 4. The Bertz CT molecular complexity index is 1860. The minimum Gasteiger partial charge on any atom is -0.657 e. The van der Waals surface area contributed by atoms with Crippen molar-refractivity contribution >= 4 is 63.4 Å². The molecule has 2 aliphatic rings. The van der Waals surface area contributed by atoms with Crippen molar-refractivity contribution in [2.45, 2.75) is 40.5 Å². The predicted molar refractivity (Wildman–Crippen MR) is 166 cm³/mol. The monoisotopic (exact) mass is 616 g/mol. The average molecular weight is 616 g/mol. The van der Waals surface area contributed by atoms with Gasteiger partial charge < -0.3 is 19.4 Å². The van der Waals surface area contributed by atoms with Gasteiger partial charge in [-0.3, -0.25) is 9.59 Å². The van der Waals surface area contributed by atoms with E-state index in [4.69, 9.17) is 29.4 Å². The van der Waals surface area contributed by atoms with E-state index in [0.717, 1.165) is 89.4 Å². The average Bonchev–Trinajstić information content (AvgIpc) is 3.63. The van der Waals surface area contributed by atoms with E-state index in [1.54, 1.807) is 0 Å². The second kappa shape index (κ2) is 13.2. The van der Waals surface area contributed by atoms with E-state index in [0.29, 0.717) is 25.8 Å². The number of carbonyl (C=O) groups excluding carboxylic acids is 2. The molecule has 8 nitrogen and oxygen atoms in total. The number of hydrogen-bond donors (Lipinski definition) is 0. The van der Waals surface area contributed by atoms with Gasteiger partial charge in [-0.25, -0.2) is 9.97 Å². The summed E-state index contributed by atoms with van der Waals surface area (Å²) >= 11 is 0. The van der Waals surface area contributed by atoms with Gasteiger partial charge in [0, 0.05) is 18.4 Å². The zero-order valence-electron chi connectivity index (χ0n) is 24.6. The summed E-state index contributed by atoms with van der Waals surface area (Å²) in [6.07, 6.45) is 4.61. The van der Waals surface area contributed by atoms with Crippen LogP contribution in [0.25, 0.3) is 50.4 Å². The van der Waals surface area contributed by atoms with Crippen LogP contribution in [0, 0.1) is 13.8 Å². The maximum atomic E-state index is 10.9. The number of ether oxygens (including phenoxy) is 2. The fourth-order valence-electron chi connectivity index (χ4n) is 5.57. The molecule has 0 radical (unpaired) electrons. The molecule has 0 saturated carbocycles. The molecule has 0 unspecified atom stereocenters. The van der Waals surface area contributed by atoms with Crippen LogP contribution in [-0.2, 0) is 42.6 Å². The Balaban J connectivity index is 0.00000423. The number of hydrogen-bond acceptors (Lipinski definition) is 6. The third kappa shape index (κ3) is 5.91. The van der Waals surface area contributed by atoms with E-state index in [1.165, 1.54) is 0 Å². The number of nitrogens with zero attached hydrogens (tertiary/aromatic N) is 4. The molecule has 0 atom stereocenters. The van der Waals surface area contributed by atoms with Gasteiger partial charge in [-0.1, -0.05) is 66.3 Å². The molecule has 5 rings (SSSR count). The molecule has 43 heavy (non-hydrogen) atoms. The SMILES string of the molecule is C=CC1=C(C)c2cc3[n-]c(cc4nc(cc5[n-]c(cc1n2)c(C)c5C=C)C(C)=C4CCOC=O)c(CCOC=O)c3C.[Fe+2]. The van der Waals surface area contributed by atoms with Crippen LogP contribution in [0.3, 0.4) is 0 Å². The summed E-state index contributed by atoms with van der Waals surface area (Å²) in [5.74, 6) is 0. The van der Waals surface area contributed by atoms with E-state index < -0.39 is 0 Å². The van der Waals surface area contributed by atoms with Crippen LogP contribution in [0.15, 0.2) is 43.5 Å². The number of fused-ring (bicyclic) bond motifs is 8. The van der Waals surface area contributed by atoms with Crippen molar-refractivity contribution in [2.75, 3.05) is 13.2 Å². The minimum absolute atomic E-state index is 0. The molecule has 0 spiro atoms. The van der Waals surface area contributed by atoms with Crippen molar-refractivity contribution in [3.8, 4) is 0 Å². The van der Waals surface area contributed by atoms with Crippen molar-refractivity contribution in [1.29, 1.82) is 0 Å². The standard InChI is InChI=1S/C34H32N4O4.Fe/c1-7-23-19(3)27-13-28-21(5)25(9-11-41-17-39)33(37-28)16-34-26(10-12-42-18-40)22(6)30(38-34)15-32-24(8-2)20(4)29(36-32)14-31(23)35-27;/h7-8,13-18H,1-2,9-12H2,3-6H3;/q-2;+2. The first-order valence-electron chi connectivity index (χ1n) is 13.7. The number of carbonyl (C=O) groups is 2. The molecule has 0 amide bonds. The molecule has 0 fully saturated rings. The van der Waals surface area contributed by atoms with Crippen LogP contribution >= 0.6 is 0 Å². The molecule has 5 heterocycles. The largest absolute Gasteiger partial charge is 2.00 e. The normalized spacial score (nSPS) is 12.6. The fourth-order valence-corrected chi connectivity index (χ4v) is 5.57. The van der Waals surface area contributed by atoms with Gasteiger partial charge in [0.2, 0.25) is 0 Å². The van der Waals surface area contributed by atoms with Crippen molar-refractivity contribution in [3.63, 3.8) is 0 Å². The Labute approximate surface area is 261 Å². The summed E-state index contributed by atoms with van der Waals surface area (Å²) in [5, 5.41) is 0. The molecule has 9 heteroatoms. The van der Waals surface area contributed by atoms with Crippen LogP contribution in [0.5, 0.6) is 0 Å². The van der Waals surface area contributed by atoms with E-state index >= 15 is 0 Å². The van der Waals surface area contributed by atoms with Crippen LogP contribution in [0.4, 0.5) is 0 Å². The zero-order chi connectivity index (χ0) is 30.0. The Hall–Kier alpha value is -4.46. The predicted octanol–water partition coefficient (Wildman–Crippen LogP) is 6.16. The summed E-state index contributed by atoms with van der Waals surface area (Å²) in [7, 11) is 0. The Morgan fingerprint density at radius 3 is 1.93 bits per heavy atom. The van der Waals surface area contributed by atoms with Crippen molar-refractivity contribution < 1.29 is 36.1 Å². The van der Waals surface area contributed by atoms with Crippen LogP contribution in [0.1, 0.15) is 65.3 Å². The van der Waals surface area contributed by atoms with E-state index in [2.05, 4.69) is 13.2 Å². The second-order valence-corrected chi connectivity index (χ2v) is 10.2. The summed E-state index contributed by atoms with van der Waals surface area (Å²) in [6, 6.07) is 7.89. The molecule has 0 aliphatic carbocycles. The summed E-state index contributed by atoms with van der Waals surface area (Å²) in [5.41, 5.74) is 13.8. The molecule has 0 aromatic carbocycles. The Kier molecular flexibility index (Phi) is 9.69.